The van der Waals surface area contributed by atoms with Gasteiger partial charge in [-0.3, -0.25) is 4.79 Å². The van der Waals surface area contributed by atoms with Crippen LogP contribution in [0, 0.1) is 20.8 Å². The van der Waals surface area contributed by atoms with Gasteiger partial charge < -0.3 is 14.6 Å². The molecular formula is C25H25N3O3S. The van der Waals surface area contributed by atoms with E-state index in [9.17, 15) is 9.59 Å². The predicted octanol–water partition coefficient (Wildman–Crippen LogP) is 5.66. The monoisotopic (exact) mass is 447 g/mol. The largest absolute Gasteiger partial charge is 0.461 e. The maximum Gasteiger partial charge on any atom is 0.355 e. The van der Waals surface area contributed by atoms with Gasteiger partial charge in [0.1, 0.15) is 10.7 Å². The van der Waals surface area contributed by atoms with Gasteiger partial charge in [0.15, 0.2) is 0 Å². The highest BCUT2D eigenvalue weighted by Gasteiger charge is 2.25. The molecule has 2 aromatic heterocycles. The minimum Gasteiger partial charge on any atom is -0.461 e. The van der Waals surface area contributed by atoms with Crippen molar-refractivity contribution in [1.82, 2.24) is 9.55 Å². The maximum atomic E-state index is 13.0. The van der Waals surface area contributed by atoms with Crippen molar-refractivity contribution in [3.63, 3.8) is 0 Å². The number of anilines is 1. The number of aromatic nitrogens is 2. The molecule has 1 amide bonds. The van der Waals surface area contributed by atoms with Crippen LogP contribution in [-0.4, -0.2) is 28.0 Å². The number of rotatable bonds is 5. The molecule has 0 spiro atoms. The van der Waals surface area contributed by atoms with E-state index in [0.29, 0.717) is 28.2 Å². The number of benzene rings is 2. The first-order chi connectivity index (χ1) is 15.3. The lowest BCUT2D eigenvalue weighted by atomic mass is 10.1. The second-order valence-electron chi connectivity index (χ2n) is 7.74. The molecule has 0 saturated heterocycles. The molecule has 0 aliphatic rings. The molecule has 32 heavy (non-hydrogen) atoms. The summed E-state index contributed by atoms with van der Waals surface area (Å²) in [5.41, 5.74) is 6.09. The number of thiazole rings is 1. The summed E-state index contributed by atoms with van der Waals surface area (Å²) in [5, 5.41) is 3.88. The highest BCUT2D eigenvalue weighted by Crippen LogP contribution is 2.31. The zero-order valence-electron chi connectivity index (χ0n) is 18.8. The smallest absolute Gasteiger partial charge is 0.355 e. The number of hydrogen-bond donors (Lipinski definition) is 1. The Morgan fingerprint density at radius 2 is 1.81 bits per heavy atom. The third-order valence-corrected chi connectivity index (χ3v) is 6.63. The molecule has 2 aromatic carbocycles. The summed E-state index contributed by atoms with van der Waals surface area (Å²) in [7, 11) is 1.76. The predicted molar refractivity (Wildman–Crippen MR) is 129 cm³/mol. The van der Waals surface area contributed by atoms with Gasteiger partial charge in [-0.05, 0) is 75.2 Å². The molecule has 2 heterocycles. The van der Waals surface area contributed by atoms with E-state index < -0.39 is 5.97 Å². The number of nitrogens with zero attached hydrogens (tertiary/aromatic N) is 2. The molecular weight excluding hydrogens is 422 g/mol. The van der Waals surface area contributed by atoms with Crippen LogP contribution in [0.3, 0.4) is 0 Å². The van der Waals surface area contributed by atoms with Crippen LogP contribution in [0.15, 0.2) is 42.5 Å². The van der Waals surface area contributed by atoms with Crippen LogP contribution in [-0.2, 0) is 11.8 Å². The number of carbonyl (C=O) groups is 2. The van der Waals surface area contributed by atoms with E-state index in [1.807, 2.05) is 37.3 Å². The zero-order valence-corrected chi connectivity index (χ0v) is 19.6. The van der Waals surface area contributed by atoms with Crippen molar-refractivity contribution in [3.8, 4) is 10.6 Å². The van der Waals surface area contributed by atoms with Gasteiger partial charge in [-0.25, -0.2) is 9.78 Å². The number of hydrogen-bond acceptors (Lipinski definition) is 5. The van der Waals surface area contributed by atoms with Gasteiger partial charge in [0.25, 0.3) is 5.91 Å². The normalized spacial score (nSPS) is 11.0. The molecule has 0 unspecified atom stereocenters. The van der Waals surface area contributed by atoms with Gasteiger partial charge >= 0.3 is 5.97 Å². The van der Waals surface area contributed by atoms with Crippen molar-refractivity contribution in [2.75, 3.05) is 11.9 Å². The molecule has 0 atom stereocenters. The summed E-state index contributed by atoms with van der Waals surface area (Å²) in [5.74, 6) is -0.681. The molecule has 0 aliphatic carbocycles. The SMILES string of the molecule is CCOC(=O)c1c(C)c(C(=O)Nc2ccc(-c3nc4ccc(C)cc4s3)cc2)c(C)n1C. The number of ether oxygens (including phenoxy) is 1. The number of carbonyl (C=O) groups excluding carboxylic acids is 2. The lowest BCUT2D eigenvalue weighted by Gasteiger charge is -2.07. The average Bonchev–Trinajstić information content (AvgIpc) is 3.26. The van der Waals surface area contributed by atoms with Gasteiger partial charge in [0.2, 0.25) is 0 Å². The van der Waals surface area contributed by atoms with Gasteiger partial charge in [0.05, 0.1) is 22.4 Å². The van der Waals surface area contributed by atoms with Gasteiger partial charge in [-0.15, -0.1) is 11.3 Å². The van der Waals surface area contributed by atoms with Crippen molar-refractivity contribution in [2.45, 2.75) is 27.7 Å². The molecule has 0 bridgehead atoms. The Labute approximate surface area is 190 Å². The number of nitrogens with one attached hydrogen (secondary N) is 1. The van der Waals surface area contributed by atoms with Crippen LogP contribution in [0.4, 0.5) is 5.69 Å². The minimum absolute atomic E-state index is 0.255. The fourth-order valence-electron chi connectivity index (χ4n) is 3.85. The summed E-state index contributed by atoms with van der Waals surface area (Å²) in [6, 6.07) is 13.9. The quantitative estimate of drug-likeness (QED) is 0.401. The Kier molecular flexibility index (Phi) is 5.84. The fourth-order valence-corrected chi connectivity index (χ4v) is 4.92. The zero-order chi connectivity index (χ0) is 23.0. The van der Waals surface area contributed by atoms with E-state index in [1.165, 1.54) is 5.56 Å². The standard InChI is InChI=1S/C25H25N3O3S/c1-6-31-25(30)22-15(3)21(16(4)28(22)5)23(29)26-18-10-8-17(9-11-18)24-27-19-12-7-14(2)13-20(19)32-24/h7-13H,6H2,1-5H3,(H,26,29). The second kappa shape index (κ2) is 8.59. The maximum absolute atomic E-state index is 13.0. The minimum atomic E-state index is -0.426. The molecule has 7 heteroatoms. The van der Waals surface area contributed by atoms with Crippen LogP contribution < -0.4 is 5.32 Å². The molecule has 4 aromatic rings. The van der Waals surface area contributed by atoms with Crippen molar-refractivity contribution < 1.29 is 14.3 Å². The number of amides is 1. The van der Waals surface area contributed by atoms with E-state index in [-0.39, 0.29) is 12.5 Å². The van der Waals surface area contributed by atoms with Crippen LogP contribution in [0.5, 0.6) is 0 Å². The first-order valence-electron chi connectivity index (χ1n) is 10.4. The molecule has 0 radical (unpaired) electrons. The van der Waals surface area contributed by atoms with Gasteiger partial charge in [-0.1, -0.05) is 6.07 Å². The first-order valence-corrected chi connectivity index (χ1v) is 11.2. The Bertz CT molecular complexity index is 1330. The molecule has 4 rings (SSSR count). The van der Waals surface area contributed by atoms with Crippen molar-refractivity contribution in [1.29, 1.82) is 0 Å². The Hall–Kier alpha value is -3.45. The molecule has 1 N–H and O–H groups in total. The van der Waals surface area contributed by atoms with E-state index >= 15 is 0 Å². The first kappa shape index (κ1) is 21.8. The summed E-state index contributed by atoms with van der Waals surface area (Å²) >= 11 is 1.65. The summed E-state index contributed by atoms with van der Waals surface area (Å²) in [6.07, 6.45) is 0. The Balaban J connectivity index is 1.57. The Morgan fingerprint density at radius 3 is 2.50 bits per heavy atom. The van der Waals surface area contributed by atoms with Crippen LogP contribution in [0.25, 0.3) is 20.8 Å². The Morgan fingerprint density at radius 1 is 1.09 bits per heavy atom. The summed E-state index contributed by atoms with van der Waals surface area (Å²) < 4.78 is 8.01. The lowest BCUT2D eigenvalue weighted by Crippen LogP contribution is -2.14. The fraction of sp³-hybridized carbons (Fsp3) is 0.240. The second-order valence-corrected chi connectivity index (χ2v) is 8.77. The molecule has 0 fully saturated rings. The molecule has 6 nitrogen and oxygen atoms in total. The van der Waals surface area contributed by atoms with Crippen LogP contribution in [0.2, 0.25) is 0 Å². The van der Waals surface area contributed by atoms with E-state index in [2.05, 4.69) is 24.4 Å². The van der Waals surface area contributed by atoms with Crippen molar-refractivity contribution in [2.24, 2.45) is 7.05 Å². The van der Waals surface area contributed by atoms with E-state index in [0.717, 1.165) is 20.8 Å². The van der Waals surface area contributed by atoms with Gasteiger partial charge in [-0.2, -0.15) is 0 Å². The highest BCUT2D eigenvalue weighted by molar-refractivity contribution is 7.21. The topological polar surface area (TPSA) is 73.2 Å². The van der Waals surface area contributed by atoms with E-state index in [4.69, 9.17) is 9.72 Å². The highest BCUT2D eigenvalue weighted by atomic mass is 32.1. The van der Waals surface area contributed by atoms with Crippen molar-refractivity contribution >= 4 is 39.1 Å². The summed E-state index contributed by atoms with van der Waals surface area (Å²) in [4.78, 5) is 30.0. The third-order valence-electron chi connectivity index (χ3n) is 5.56. The number of fused-ring (bicyclic) bond motifs is 1. The molecule has 0 saturated carbocycles. The van der Waals surface area contributed by atoms with E-state index in [1.54, 1.807) is 36.8 Å². The molecule has 0 aliphatic heterocycles. The lowest BCUT2D eigenvalue weighted by molar-refractivity contribution is 0.0514. The van der Waals surface area contributed by atoms with Crippen LogP contribution >= 0.6 is 11.3 Å². The number of esters is 1. The molecule has 164 valence electrons. The van der Waals surface area contributed by atoms with Gasteiger partial charge in [0, 0.05) is 24.0 Å². The third kappa shape index (κ3) is 3.91. The average molecular weight is 448 g/mol. The number of aryl methyl sites for hydroxylation is 1. The summed E-state index contributed by atoms with van der Waals surface area (Å²) in [6.45, 7) is 7.71. The van der Waals surface area contributed by atoms with Crippen LogP contribution in [0.1, 0.15) is 44.6 Å². The van der Waals surface area contributed by atoms with Crippen molar-refractivity contribution in [3.05, 3.63) is 70.5 Å².